The molecule has 1 aliphatic rings. The van der Waals surface area contributed by atoms with Crippen LogP contribution in [0.3, 0.4) is 0 Å². The Labute approximate surface area is 162 Å². The first kappa shape index (κ1) is 23.1. The molecule has 0 aromatic rings. The molecule has 3 N–H and O–H groups in total. The molecule has 27 heavy (non-hydrogen) atoms. The van der Waals surface area contributed by atoms with Crippen LogP contribution in [0.25, 0.3) is 0 Å². The predicted octanol–water partition coefficient (Wildman–Crippen LogP) is 1.93. The molecule has 7 heteroatoms. The van der Waals surface area contributed by atoms with Gasteiger partial charge in [-0.05, 0) is 32.2 Å². The second-order valence-electron chi connectivity index (χ2n) is 8.58. The molecule has 0 saturated heterocycles. The van der Waals surface area contributed by atoms with Gasteiger partial charge in [-0.25, -0.2) is 4.79 Å². The van der Waals surface area contributed by atoms with E-state index in [-0.39, 0.29) is 23.9 Å². The van der Waals surface area contributed by atoms with E-state index >= 15 is 0 Å². The van der Waals surface area contributed by atoms with E-state index in [9.17, 15) is 14.4 Å². The fourth-order valence-electron chi connectivity index (χ4n) is 3.34. The highest BCUT2D eigenvalue weighted by molar-refractivity contribution is 5.92. The van der Waals surface area contributed by atoms with E-state index in [1.807, 2.05) is 20.8 Å². The molecule has 1 saturated carbocycles. The zero-order valence-corrected chi connectivity index (χ0v) is 17.5. The normalized spacial score (nSPS) is 18.5. The molecule has 0 aliphatic heterocycles. The Hall–Kier alpha value is -1.89. The number of nitrogens with one attached hydrogen (secondary N) is 2. The van der Waals surface area contributed by atoms with Crippen LogP contribution in [0.5, 0.6) is 0 Å². The highest BCUT2D eigenvalue weighted by atomic mass is 16.4. The number of carbonyl (C=O) groups is 3. The Morgan fingerprint density at radius 3 is 2.19 bits per heavy atom. The lowest BCUT2D eigenvalue weighted by molar-refractivity contribution is -0.140. The number of amides is 2. The van der Waals surface area contributed by atoms with E-state index in [1.54, 1.807) is 14.1 Å². The topological polar surface area (TPSA) is 98.7 Å². The number of carboxylic acids is 1. The van der Waals surface area contributed by atoms with Crippen molar-refractivity contribution in [3.63, 3.8) is 0 Å². The molecular formula is C20H35N3O4. The maximum Gasteiger partial charge on any atom is 0.331 e. The smallest absolute Gasteiger partial charge is 0.331 e. The number of aliphatic carboxylic acids is 1. The molecule has 0 radical (unpaired) electrons. The first-order chi connectivity index (χ1) is 12.4. The predicted molar refractivity (Wildman–Crippen MR) is 105 cm³/mol. The summed E-state index contributed by atoms with van der Waals surface area (Å²) in [6.45, 7) is 7.40. The van der Waals surface area contributed by atoms with Crippen LogP contribution >= 0.6 is 0 Å². The van der Waals surface area contributed by atoms with Crippen molar-refractivity contribution in [2.24, 2.45) is 5.41 Å². The molecular weight excluding hydrogens is 346 g/mol. The summed E-state index contributed by atoms with van der Waals surface area (Å²) in [7, 11) is 3.41. The number of nitrogens with zero attached hydrogens (tertiary/aromatic N) is 1. The molecule has 0 aromatic carbocycles. The van der Waals surface area contributed by atoms with Gasteiger partial charge < -0.3 is 20.6 Å². The quantitative estimate of drug-likeness (QED) is 0.585. The highest BCUT2D eigenvalue weighted by Crippen LogP contribution is 2.29. The first-order valence-electron chi connectivity index (χ1n) is 9.59. The van der Waals surface area contributed by atoms with Crippen LogP contribution in [0, 0.1) is 5.41 Å². The third-order valence-corrected chi connectivity index (χ3v) is 5.39. The van der Waals surface area contributed by atoms with Gasteiger partial charge in [0.2, 0.25) is 11.8 Å². The molecule has 0 bridgehead atoms. The lowest BCUT2D eigenvalue weighted by atomic mass is 9.79. The zero-order chi connectivity index (χ0) is 20.8. The lowest BCUT2D eigenvalue weighted by Crippen LogP contribution is -2.63. The minimum Gasteiger partial charge on any atom is -0.478 e. The third kappa shape index (κ3) is 6.06. The van der Waals surface area contributed by atoms with Gasteiger partial charge >= 0.3 is 5.97 Å². The Balaban J connectivity index is 2.95. The molecule has 7 nitrogen and oxygen atoms in total. The van der Waals surface area contributed by atoms with Crippen molar-refractivity contribution in [1.82, 2.24) is 15.5 Å². The number of hydrogen-bond acceptors (Lipinski definition) is 4. The Kier molecular flexibility index (Phi) is 8.02. The Bertz CT molecular complexity index is 587. The molecule has 1 aliphatic carbocycles. The molecule has 0 aromatic heterocycles. The molecule has 1 fully saturated rings. The van der Waals surface area contributed by atoms with Gasteiger partial charge in [-0.1, -0.05) is 46.1 Å². The largest absolute Gasteiger partial charge is 0.478 e. The maximum atomic E-state index is 13.1. The lowest BCUT2D eigenvalue weighted by Gasteiger charge is -2.39. The van der Waals surface area contributed by atoms with Gasteiger partial charge in [0.25, 0.3) is 0 Å². The summed E-state index contributed by atoms with van der Waals surface area (Å²) in [5.41, 5.74) is -0.918. The fourth-order valence-corrected chi connectivity index (χ4v) is 3.34. The van der Waals surface area contributed by atoms with E-state index < -0.39 is 23.0 Å². The molecule has 2 amide bonds. The summed E-state index contributed by atoms with van der Waals surface area (Å²) in [4.78, 5) is 38.4. The van der Waals surface area contributed by atoms with Gasteiger partial charge in [-0.3, -0.25) is 9.59 Å². The van der Waals surface area contributed by atoms with Crippen LogP contribution in [0.1, 0.15) is 59.8 Å². The van der Waals surface area contributed by atoms with E-state index in [2.05, 4.69) is 10.6 Å². The van der Waals surface area contributed by atoms with Crippen molar-refractivity contribution in [3.05, 3.63) is 11.6 Å². The average molecular weight is 382 g/mol. The first-order valence-corrected chi connectivity index (χ1v) is 9.59. The van der Waals surface area contributed by atoms with Gasteiger partial charge in [-0.15, -0.1) is 0 Å². The Morgan fingerprint density at radius 1 is 1.19 bits per heavy atom. The molecule has 154 valence electrons. The molecule has 1 unspecified atom stereocenters. The molecule has 1 rings (SSSR count). The van der Waals surface area contributed by atoms with Crippen LogP contribution in [-0.2, 0) is 14.4 Å². The van der Waals surface area contributed by atoms with Crippen molar-refractivity contribution in [1.29, 1.82) is 0 Å². The van der Waals surface area contributed by atoms with Gasteiger partial charge in [0.05, 0.1) is 5.54 Å². The van der Waals surface area contributed by atoms with Crippen molar-refractivity contribution in [3.8, 4) is 0 Å². The fraction of sp³-hybridized carbons (Fsp3) is 0.750. The monoisotopic (exact) mass is 381 g/mol. The SMILES string of the molecule is CNC1(C(=O)NC(C(=O)N(C)C/C=C(\C)C(=O)O)C(C)(C)C)CCCCC1. The van der Waals surface area contributed by atoms with Crippen LogP contribution < -0.4 is 10.6 Å². The van der Waals surface area contributed by atoms with Gasteiger partial charge in [0.15, 0.2) is 0 Å². The van der Waals surface area contributed by atoms with Gasteiger partial charge in [-0.2, -0.15) is 0 Å². The summed E-state index contributed by atoms with van der Waals surface area (Å²) in [5, 5.41) is 15.1. The summed E-state index contributed by atoms with van der Waals surface area (Å²) in [6.07, 6.45) is 6.12. The minimum absolute atomic E-state index is 0.136. The molecule has 1 atom stereocenters. The zero-order valence-electron chi connectivity index (χ0n) is 17.5. The summed E-state index contributed by atoms with van der Waals surface area (Å²) < 4.78 is 0. The van der Waals surface area contributed by atoms with E-state index in [0.29, 0.717) is 0 Å². The van der Waals surface area contributed by atoms with Crippen LogP contribution in [0.2, 0.25) is 0 Å². The van der Waals surface area contributed by atoms with E-state index in [4.69, 9.17) is 5.11 Å². The number of rotatable bonds is 7. The van der Waals surface area contributed by atoms with Crippen molar-refractivity contribution in [2.75, 3.05) is 20.6 Å². The summed E-state index contributed by atoms with van der Waals surface area (Å²) in [5.74, 6) is -1.37. The Morgan fingerprint density at radius 2 is 1.74 bits per heavy atom. The third-order valence-electron chi connectivity index (χ3n) is 5.39. The van der Waals surface area contributed by atoms with Gasteiger partial charge in [0.1, 0.15) is 6.04 Å². The minimum atomic E-state index is -1.01. The number of carbonyl (C=O) groups excluding carboxylic acids is 2. The molecule has 0 spiro atoms. The number of hydrogen-bond donors (Lipinski definition) is 3. The maximum absolute atomic E-state index is 13.1. The average Bonchev–Trinajstić information content (AvgIpc) is 2.62. The standard InChI is InChI=1S/C20H35N3O4/c1-14(17(25)26)10-13-23(6)16(24)15(19(2,3)4)22-18(27)20(21-5)11-8-7-9-12-20/h10,15,21H,7-9,11-13H2,1-6H3,(H,22,27)(H,25,26)/b14-10+. The second kappa shape index (κ2) is 9.35. The highest BCUT2D eigenvalue weighted by Gasteiger charge is 2.42. The van der Waals surface area contributed by atoms with Crippen LogP contribution in [0.15, 0.2) is 11.6 Å². The van der Waals surface area contributed by atoms with Crippen molar-refractivity contribution in [2.45, 2.75) is 71.4 Å². The second-order valence-corrected chi connectivity index (χ2v) is 8.58. The van der Waals surface area contributed by atoms with Gasteiger partial charge in [0, 0.05) is 19.2 Å². The summed E-state index contributed by atoms with van der Waals surface area (Å²) in [6, 6.07) is -0.694. The van der Waals surface area contributed by atoms with Crippen LogP contribution in [-0.4, -0.2) is 60.0 Å². The van der Waals surface area contributed by atoms with E-state index in [1.165, 1.54) is 17.9 Å². The summed E-state index contributed by atoms with van der Waals surface area (Å²) >= 11 is 0. The molecule has 0 heterocycles. The van der Waals surface area contributed by atoms with Crippen LogP contribution in [0.4, 0.5) is 0 Å². The van der Waals surface area contributed by atoms with E-state index in [0.717, 1.165) is 32.1 Å². The van der Waals surface area contributed by atoms with Crippen molar-refractivity contribution < 1.29 is 19.5 Å². The van der Waals surface area contributed by atoms with Crippen molar-refractivity contribution >= 4 is 17.8 Å². The number of likely N-dealkylation sites (N-methyl/N-ethyl adjacent to an activating group) is 2. The number of carboxylic acid groups (broad SMARTS) is 1.